The van der Waals surface area contributed by atoms with Gasteiger partial charge in [-0.2, -0.15) is 8.78 Å². The van der Waals surface area contributed by atoms with Gasteiger partial charge in [-0.3, -0.25) is 14.6 Å². The fraction of sp³-hybridized carbons (Fsp3) is 0.235. The molecule has 3 rings (SSSR count). The Morgan fingerprint density at radius 2 is 2.00 bits per heavy atom. The normalized spacial score (nSPS) is 12.7. The average molecular weight is 431 g/mol. The van der Waals surface area contributed by atoms with Gasteiger partial charge in [-0.1, -0.05) is 18.2 Å². The second-order valence-corrected chi connectivity index (χ2v) is 6.39. The van der Waals surface area contributed by atoms with Gasteiger partial charge in [0, 0.05) is 12.2 Å². The van der Waals surface area contributed by atoms with E-state index in [-0.39, 0.29) is 28.6 Å². The number of H-pyrrole nitrogens is 1. The molecule has 9 heteroatoms. The number of nitrogens with zero attached hydrogens (tertiary/aromatic N) is 1. The maximum atomic E-state index is 13.8. The molecule has 0 saturated heterocycles. The predicted molar refractivity (Wildman–Crippen MR) is 93.1 cm³/mol. The number of aliphatic hydroxyl groups is 1. The van der Waals surface area contributed by atoms with Crippen molar-refractivity contribution in [2.24, 2.45) is 0 Å². The molecule has 3 aromatic rings. The number of para-hydroxylation sites is 1. The lowest BCUT2D eigenvalue weighted by atomic mass is 10.0. The second kappa shape index (κ2) is 7.55. The molecule has 1 aromatic heterocycles. The topological polar surface area (TPSA) is 67.2 Å². The van der Waals surface area contributed by atoms with E-state index in [1.807, 2.05) is 0 Å². The van der Waals surface area contributed by atoms with Crippen LogP contribution in [-0.2, 0) is 0 Å². The first-order valence-electron chi connectivity index (χ1n) is 7.66. The Kier molecular flexibility index (Phi) is 5.38. The fourth-order valence-corrected chi connectivity index (χ4v) is 3.23. The van der Waals surface area contributed by atoms with Gasteiger partial charge in [-0.05, 0) is 40.5 Å². The molecule has 0 fully saturated rings. The summed E-state index contributed by atoms with van der Waals surface area (Å²) in [6, 6.07) is 7.94. The number of rotatable bonds is 6. The molecule has 0 spiro atoms. The van der Waals surface area contributed by atoms with E-state index in [1.54, 1.807) is 18.2 Å². The molecule has 0 aliphatic rings. The van der Waals surface area contributed by atoms with Crippen molar-refractivity contribution in [2.45, 2.75) is 19.1 Å². The second-order valence-electron chi connectivity index (χ2n) is 5.54. The molecule has 0 radical (unpaired) electrons. The van der Waals surface area contributed by atoms with E-state index in [4.69, 9.17) is 0 Å². The monoisotopic (exact) mass is 430 g/mol. The van der Waals surface area contributed by atoms with Gasteiger partial charge in [0.2, 0.25) is 0 Å². The summed E-state index contributed by atoms with van der Waals surface area (Å²) >= 11 is 3.07. The molecule has 1 atom stereocenters. The maximum Gasteiger partial charge on any atom is 0.387 e. The fourth-order valence-electron chi connectivity index (χ4n) is 2.90. The summed E-state index contributed by atoms with van der Waals surface area (Å²) in [5.41, 5.74) is 0.200. The summed E-state index contributed by atoms with van der Waals surface area (Å²) in [4.78, 5) is 12.2. The number of aliphatic hydroxyl groups excluding tert-OH is 1. The Balaban J connectivity index is 2.20. The zero-order valence-electron chi connectivity index (χ0n) is 13.3. The minimum Gasteiger partial charge on any atom is -0.434 e. The van der Waals surface area contributed by atoms with E-state index < -0.39 is 24.0 Å². The molecule has 0 saturated carbocycles. The standard InChI is InChI=1S/C17H14BrF3N2O3/c18-11-8-14-10(7-12(11)19)16(25)22-23(14)13(5-6-24)9-3-1-2-4-15(9)26-17(20)21/h1-4,7-8,13,17,24H,5-6H2,(H,22,25). The van der Waals surface area contributed by atoms with E-state index in [0.717, 1.165) is 6.07 Å². The highest BCUT2D eigenvalue weighted by molar-refractivity contribution is 9.10. The van der Waals surface area contributed by atoms with Gasteiger partial charge in [0.15, 0.2) is 0 Å². The van der Waals surface area contributed by atoms with E-state index >= 15 is 0 Å². The van der Waals surface area contributed by atoms with Crippen LogP contribution in [0.15, 0.2) is 45.7 Å². The Bertz CT molecular complexity index is 987. The summed E-state index contributed by atoms with van der Waals surface area (Å²) in [7, 11) is 0. The van der Waals surface area contributed by atoms with Crippen molar-refractivity contribution in [2.75, 3.05) is 6.61 Å². The van der Waals surface area contributed by atoms with Crippen molar-refractivity contribution < 1.29 is 23.0 Å². The number of aromatic nitrogens is 2. The molecule has 1 heterocycles. The highest BCUT2D eigenvalue weighted by Gasteiger charge is 2.23. The highest BCUT2D eigenvalue weighted by atomic mass is 79.9. The third-order valence-electron chi connectivity index (χ3n) is 3.97. The quantitative estimate of drug-likeness (QED) is 0.624. The number of hydrogen-bond donors (Lipinski definition) is 2. The third-order valence-corrected chi connectivity index (χ3v) is 4.58. The molecule has 0 bridgehead atoms. The summed E-state index contributed by atoms with van der Waals surface area (Å²) in [5, 5.41) is 12.1. The zero-order valence-corrected chi connectivity index (χ0v) is 14.8. The summed E-state index contributed by atoms with van der Waals surface area (Å²) in [5.74, 6) is -0.661. The van der Waals surface area contributed by atoms with E-state index in [2.05, 4.69) is 25.8 Å². The van der Waals surface area contributed by atoms with Gasteiger partial charge in [0.05, 0.1) is 21.4 Å². The first kappa shape index (κ1) is 18.5. The third kappa shape index (κ3) is 3.49. The zero-order chi connectivity index (χ0) is 18.8. The highest BCUT2D eigenvalue weighted by Crippen LogP contribution is 2.33. The van der Waals surface area contributed by atoms with Crippen molar-refractivity contribution in [1.82, 2.24) is 9.78 Å². The van der Waals surface area contributed by atoms with Gasteiger partial charge in [0.1, 0.15) is 11.6 Å². The first-order chi connectivity index (χ1) is 12.4. The molecular formula is C17H14BrF3N2O3. The first-order valence-corrected chi connectivity index (χ1v) is 8.45. The number of alkyl halides is 2. The molecule has 2 aromatic carbocycles. The van der Waals surface area contributed by atoms with Gasteiger partial charge < -0.3 is 9.84 Å². The van der Waals surface area contributed by atoms with E-state index in [0.29, 0.717) is 11.1 Å². The Morgan fingerprint density at radius 1 is 1.27 bits per heavy atom. The van der Waals surface area contributed by atoms with E-state index in [9.17, 15) is 23.1 Å². The van der Waals surface area contributed by atoms with Crippen LogP contribution in [0.1, 0.15) is 18.0 Å². The van der Waals surface area contributed by atoms with Crippen LogP contribution >= 0.6 is 15.9 Å². The number of aromatic amines is 1. The smallest absolute Gasteiger partial charge is 0.387 e. The minimum absolute atomic E-state index is 0.0650. The van der Waals surface area contributed by atoms with Crippen LogP contribution < -0.4 is 10.3 Å². The van der Waals surface area contributed by atoms with Crippen LogP contribution in [0.4, 0.5) is 13.2 Å². The van der Waals surface area contributed by atoms with Crippen molar-refractivity contribution in [1.29, 1.82) is 0 Å². The molecule has 5 nitrogen and oxygen atoms in total. The molecule has 0 aliphatic carbocycles. The van der Waals surface area contributed by atoms with Crippen LogP contribution in [0, 0.1) is 5.82 Å². The average Bonchev–Trinajstić information content (AvgIpc) is 2.89. The van der Waals surface area contributed by atoms with Crippen LogP contribution in [0.3, 0.4) is 0 Å². The van der Waals surface area contributed by atoms with Gasteiger partial charge >= 0.3 is 6.61 Å². The van der Waals surface area contributed by atoms with Crippen molar-refractivity contribution in [3.8, 4) is 5.75 Å². The lowest BCUT2D eigenvalue weighted by Gasteiger charge is -2.22. The SMILES string of the molecule is O=c1[nH]n(C(CCO)c2ccccc2OC(F)F)c2cc(Br)c(F)cc12. The Hall–Kier alpha value is -2.26. The number of ether oxygens (including phenoxy) is 1. The van der Waals surface area contributed by atoms with Crippen molar-refractivity contribution >= 4 is 26.8 Å². The van der Waals surface area contributed by atoms with Gasteiger partial charge in [0.25, 0.3) is 5.56 Å². The van der Waals surface area contributed by atoms with Crippen LogP contribution in [0.25, 0.3) is 10.9 Å². The number of benzene rings is 2. The van der Waals surface area contributed by atoms with Gasteiger partial charge in [-0.15, -0.1) is 0 Å². The summed E-state index contributed by atoms with van der Waals surface area (Å²) in [6.07, 6.45) is 0.123. The molecule has 2 N–H and O–H groups in total. The summed E-state index contributed by atoms with van der Waals surface area (Å²) in [6.45, 7) is -3.28. The number of fused-ring (bicyclic) bond motifs is 1. The molecule has 0 amide bonds. The lowest BCUT2D eigenvalue weighted by molar-refractivity contribution is -0.0507. The summed E-state index contributed by atoms with van der Waals surface area (Å²) < 4.78 is 45.3. The predicted octanol–water partition coefficient (Wildman–Crippen LogP) is 3.80. The lowest BCUT2D eigenvalue weighted by Crippen LogP contribution is -2.17. The Labute approximate surface area is 154 Å². The largest absolute Gasteiger partial charge is 0.434 e. The minimum atomic E-state index is -3.02. The number of hydrogen-bond acceptors (Lipinski definition) is 3. The molecule has 1 unspecified atom stereocenters. The number of halogens is 4. The van der Waals surface area contributed by atoms with Crippen LogP contribution in [-0.4, -0.2) is 28.1 Å². The van der Waals surface area contributed by atoms with E-state index in [1.165, 1.54) is 16.8 Å². The Morgan fingerprint density at radius 3 is 2.69 bits per heavy atom. The molecular weight excluding hydrogens is 417 g/mol. The van der Waals surface area contributed by atoms with Crippen LogP contribution in [0.2, 0.25) is 0 Å². The van der Waals surface area contributed by atoms with Crippen LogP contribution in [0.5, 0.6) is 5.75 Å². The molecule has 0 aliphatic heterocycles. The van der Waals surface area contributed by atoms with Gasteiger partial charge in [-0.25, -0.2) is 4.39 Å². The molecule has 26 heavy (non-hydrogen) atoms. The van der Waals surface area contributed by atoms with Crippen molar-refractivity contribution in [3.05, 3.63) is 62.6 Å². The maximum absolute atomic E-state index is 13.8. The molecule has 138 valence electrons. The number of nitrogens with one attached hydrogen (secondary N) is 1. The van der Waals surface area contributed by atoms with Crippen molar-refractivity contribution in [3.63, 3.8) is 0 Å².